The van der Waals surface area contributed by atoms with E-state index in [1.165, 1.54) is 0 Å². The van der Waals surface area contributed by atoms with Crippen molar-refractivity contribution in [3.63, 3.8) is 0 Å². The molecule has 2 rings (SSSR count). The SMILES string of the molecule is CCCNC(=O)C1CCC(C(=O)N2CCC(C)CC2)CC1. The fraction of sp³-hybridized carbons (Fsp3) is 0.882. The Kier molecular flexibility index (Phi) is 6.07. The van der Waals surface area contributed by atoms with Crippen LogP contribution in [0.1, 0.15) is 58.8 Å². The number of carbonyl (C=O) groups excluding carboxylic acids is 2. The molecular formula is C17H30N2O2. The monoisotopic (exact) mass is 294 g/mol. The smallest absolute Gasteiger partial charge is 0.225 e. The summed E-state index contributed by atoms with van der Waals surface area (Å²) in [7, 11) is 0. The van der Waals surface area contributed by atoms with E-state index in [9.17, 15) is 9.59 Å². The van der Waals surface area contributed by atoms with Crippen LogP contribution in [0.5, 0.6) is 0 Å². The van der Waals surface area contributed by atoms with Crippen molar-refractivity contribution in [3.8, 4) is 0 Å². The van der Waals surface area contributed by atoms with E-state index in [4.69, 9.17) is 0 Å². The number of nitrogens with one attached hydrogen (secondary N) is 1. The normalized spacial score (nSPS) is 27.4. The molecule has 2 aliphatic rings. The molecular weight excluding hydrogens is 264 g/mol. The van der Waals surface area contributed by atoms with Gasteiger partial charge in [-0.3, -0.25) is 9.59 Å². The second-order valence-electron chi connectivity index (χ2n) is 6.85. The van der Waals surface area contributed by atoms with Crippen molar-refractivity contribution in [3.05, 3.63) is 0 Å². The van der Waals surface area contributed by atoms with E-state index in [0.717, 1.165) is 70.5 Å². The molecule has 1 heterocycles. The van der Waals surface area contributed by atoms with Crippen molar-refractivity contribution in [2.24, 2.45) is 17.8 Å². The summed E-state index contributed by atoms with van der Waals surface area (Å²) in [6, 6.07) is 0. The summed E-state index contributed by atoms with van der Waals surface area (Å²) in [4.78, 5) is 26.6. The Morgan fingerprint density at radius 2 is 1.57 bits per heavy atom. The number of likely N-dealkylation sites (tertiary alicyclic amines) is 1. The zero-order valence-corrected chi connectivity index (χ0v) is 13.6. The Morgan fingerprint density at radius 1 is 1.00 bits per heavy atom. The average Bonchev–Trinajstić information content (AvgIpc) is 2.53. The highest BCUT2D eigenvalue weighted by Gasteiger charge is 2.32. The van der Waals surface area contributed by atoms with E-state index in [0.29, 0.717) is 5.91 Å². The van der Waals surface area contributed by atoms with Gasteiger partial charge in [-0.15, -0.1) is 0 Å². The number of rotatable bonds is 4. The van der Waals surface area contributed by atoms with E-state index < -0.39 is 0 Å². The Bertz CT molecular complexity index is 354. The fourth-order valence-corrected chi connectivity index (χ4v) is 3.48. The molecule has 0 radical (unpaired) electrons. The van der Waals surface area contributed by atoms with Gasteiger partial charge in [0.2, 0.25) is 11.8 Å². The minimum Gasteiger partial charge on any atom is -0.356 e. The van der Waals surface area contributed by atoms with Gasteiger partial charge in [-0.25, -0.2) is 0 Å². The first-order valence-electron chi connectivity index (χ1n) is 8.68. The molecule has 0 aromatic heterocycles. The Labute approximate surface area is 128 Å². The molecule has 4 heteroatoms. The molecule has 0 aromatic carbocycles. The standard InChI is InChI=1S/C17H30N2O2/c1-3-10-18-16(20)14-4-6-15(7-5-14)17(21)19-11-8-13(2)9-12-19/h13-15H,3-12H2,1-2H3,(H,18,20). The molecule has 120 valence electrons. The molecule has 0 aromatic rings. The van der Waals surface area contributed by atoms with E-state index in [-0.39, 0.29) is 17.7 Å². The molecule has 0 atom stereocenters. The first-order chi connectivity index (χ1) is 10.1. The molecule has 21 heavy (non-hydrogen) atoms. The summed E-state index contributed by atoms with van der Waals surface area (Å²) in [6.07, 6.45) is 6.77. The molecule has 1 aliphatic carbocycles. The Balaban J connectivity index is 1.75. The second kappa shape index (κ2) is 7.81. The summed E-state index contributed by atoms with van der Waals surface area (Å²) in [5.74, 6) is 1.58. The zero-order valence-electron chi connectivity index (χ0n) is 13.6. The van der Waals surface area contributed by atoms with Crippen molar-refractivity contribution in [2.75, 3.05) is 19.6 Å². The third-order valence-corrected chi connectivity index (χ3v) is 5.09. The Hall–Kier alpha value is -1.06. The van der Waals surface area contributed by atoms with Crippen LogP contribution in [0.15, 0.2) is 0 Å². The van der Waals surface area contributed by atoms with E-state index in [1.807, 2.05) is 0 Å². The van der Waals surface area contributed by atoms with Crippen LogP contribution >= 0.6 is 0 Å². The predicted molar refractivity (Wildman–Crippen MR) is 83.7 cm³/mol. The molecule has 0 spiro atoms. The number of carbonyl (C=O) groups is 2. The van der Waals surface area contributed by atoms with Gasteiger partial charge in [0.05, 0.1) is 0 Å². The minimum absolute atomic E-state index is 0.127. The third-order valence-electron chi connectivity index (χ3n) is 5.09. The van der Waals surface area contributed by atoms with Gasteiger partial charge in [-0.1, -0.05) is 13.8 Å². The van der Waals surface area contributed by atoms with Crippen LogP contribution in [-0.2, 0) is 9.59 Å². The van der Waals surface area contributed by atoms with Crippen LogP contribution in [0.3, 0.4) is 0 Å². The van der Waals surface area contributed by atoms with Crippen molar-refractivity contribution in [1.82, 2.24) is 10.2 Å². The number of amides is 2. The topological polar surface area (TPSA) is 49.4 Å². The van der Waals surface area contributed by atoms with Crippen LogP contribution in [0, 0.1) is 17.8 Å². The summed E-state index contributed by atoms with van der Waals surface area (Å²) in [5.41, 5.74) is 0. The molecule has 1 saturated carbocycles. The van der Waals surface area contributed by atoms with Crippen molar-refractivity contribution in [1.29, 1.82) is 0 Å². The van der Waals surface area contributed by atoms with Gasteiger partial charge < -0.3 is 10.2 Å². The lowest BCUT2D eigenvalue weighted by Gasteiger charge is -2.35. The molecule has 0 bridgehead atoms. The maximum atomic E-state index is 12.5. The number of nitrogens with zero attached hydrogens (tertiary/aromatic N) is 1. The van der Waals surface area contributed by atoms with E-state index >= 15 is 0 Å². The largest absolute Gasteiger partial charge is 0.356 e. The van der Waals surface area contributed by atoms with Crippen LogP contribution in [0.2, 0.25) is 0 Å². The van der Waals surface area contributed by atoms with Gasteiger partial charge in [0.1, 0.15) is 0 Å². The molecule has 1 aliphatic heterocycles. The number of piperidine rings is 1. The lowest BCUT2D eigenvalue weighted by atomic mass is 9.80. The number of hydrogen-bond donors (Lipinski definition) is 1. The molecule has 2 fully saturated rings. The van der Waals surface area contributed by atoms with E-state index in [2.05, 4.69) is 24.1 Å². The summed E-state index contributed by atoms with van der Waals surface area (Å²) in [5, 5.41) is 2.98. The van der Waals surface area contributed by atoms with Crippen LogP contribution < -0.4 is 5.32 Å². The maximum Gasteiger partial charge on any atom is 0.225 e. The van der Waals surface area contributed by atoms with Crippen molar-refractivity contribution < 1.29 is 9.59 Å². The average molecular weight is 294 g/mol. The quantitative estimate of drug-likeness (QED) is 0.866. The minimum atomic E-state index is 0.127. The maximum absolute atomic E-state index is 12.5. The first kappa shape index (κ1) is 16.3. The molecule has 1 N–H and O–H groups in total. The van der Waals surface area contributed by atoms with Crippen molar-refractivity contribution >= 4 is 11.8 Å². The highest BCUT2D eigenvalue weighted by molar-refractivity contribution is 5.81. The van der Waals surface area contributed by atoms with Crippen molar-refractivity contribution in [2.45, 2.75) is 58.8 Å². The van der Waals surface area contributed by atoms with Gasteiger partial charge in [0, 0.05) is 31.5 Å². The lowest BCUT2D eigenvalue weighted by molar-refractivity contribution is -0.139. The van der Waals surface area contributed by atoms with Crippen LogP contribution in [0.25, 0.3) is 0 Å². The summed E-state index contributed by atoms with van der Waals surface area (Å²) < 4.78 is 0. The van der Waals surface area contributed by atoms with Crippen LogP contribution in [-0.4, -0.2) is 36.3 Å². The summed E-state index contributed by atoms with van der Waals surface area (Å²) >= 11 is 0. The molecule has 1 saturated heterocycles. The lowest BCUT2D eigenvalue weighted by Crippen LogP contribution is -2.43. The third kappa shape index (κ3) is 4.45. The van der Waals surface area contributed by atoms with Crippen LogP contribution in [0.4, 0.5) is 0 Å². The fourth-order valence-electron chi connectivity index (χ4n) is 3.48. The van der Waals surface area contributed by atoms with Gasteiger partial charge in [-0.05, 0) is 50.9 Å². The number of hydrogen-bond acceptors (Lipinski definition) is 2. The van der Waals surface area contributed by atoms with Gasteiger partial charge in [0.25, 0.3) is 0 Å². The Morgan fingerprint density at radius 3 is 2.14 bits per heavy atom. The van der Waals surface area contributed by atoms with E-state index in [1.54, 1.807) is 0 Å². The summed E-state index contributed by atoms with van der Waals surface area (Å²) in [6.45, 7) is 6.95. The van der Waals surface area contributed by atoms with Gasteiger partial charge in [-0.2, -0.15) is 0 Å². The highest BCUT2D eigenvalue weighted by atomic mass is 16.2. The zero-order chi connectivity index (χ0) is 15.2. The van der Waals surface area contributed by atoms with Gasteiger partial charge in [0.15, 0.2) is 0 Å². The predicted octanol–water partition coefficient (Wildman–Crippen LogP) is 2.58. The van der Waals surface area contributed by atoms with Gasteiger partial charge >= 0.3 is 0 Å². The molecule has 2 amide bonds. The highest BCUT2D eigenvalue weighted by Crippen LogP contribution is 2.31. The molecule has 0 unspecified atom stereocenters. The second-order valence-corrected chi connectivity index (χ2v) is 6.85. The molecule has 4 nitrogen and oxygen atoms in total. The first-order valence-corrected chi connectivity index (χ1v) is 8.68.